The van der Waals surface area contributed by atoms with E-state index in [4.69, 9.17) is 5.11 Å². The Morgan fingerprint density at radius 3 is 2.50 bits per heavy atom. The molecule has 0 aromatic heterocycles. The van der Waals surface area contributed by atoms with Crippen molar-refractivity contribution in [3.63, 3.8) is 0 Å². The van der Waals surface area contributed by atoms with Crippen molar-refractivity contribution in [2.75, 3.05) is 5.75 Å². The van der Waals surface area contributed by atoms with Crippen LogP contribution in [-0.2, 0) is 12.8 Å². The number of benzene rings is 1. The van der Waals surface area contributed by atoms with E-state index in [1.165, 1.54) is 6.07 Å². The molecule has 1 N–H and O–H groups in total. The van der Waals surface area contributed by atoms with Gasteiger partial charge in [-0.2, -0.15) is 25.8 Å². The SMILES string of the molecule is OCc1cc(C(F)(F)F)ccc1C=CCS. The van der Waals surface area contributed by atoms with Crippen LogP contribution >= 0.6 is 12.6 Å². The summed E-state index contributed by atoms with van der Waals surface area (Å²) in [5.41, 5.74) is 0.0805. The Morgan fingerprint density at radius 1 is 1.31 bits per heavy atom. The van der Waals surface area contributed by atoms with Crippen molar-refractivity contribution in [3.8, 4) is 0 Å². The summed E-state index contributed by atoms with van der Waals surface area (Å²) in [6.45, 7) is -0.420. The first-order chi connectivity index (χ1) is 7.49. The molecule has 1 aromatic carbocycles. The van der Waals surface area contributed by atoms with E-state index in [-0.39, 0.29) is 5.56 Å². The van der Waals surface area contributed by atoms with Gasteiger partial charge in [0.1, 0.15) is 0 Å². The van der Waals surface area contributed by atoms with Crippen LogP contribution in [0.1, 0.15) is 16.7 Å². The van der Waals surface area contributed by atoms with Gasteiger partial charge in [-0.15, -0.1) is 0 Å². The molecule has 1 nitrogen and oxygen atoms in total. The summed E-state index contributed by atoms with van der Waals surface area (Å²) < 4.78 is 37.1. The zero-order valence-corrected chi connectivity index (χ0v) is 9.22. The van der Waals surface area contributed by atoms with E-state index in [1.54, 1.807) is 12.2 Å². The molecule has 0 fully saturated rings. The van der Waals surface area contributed by atoms with Gasteiger partial charge in [0.05, 0.1) is 12.2 Å². The lowest BCUT2D eigenvalue weighted by atomic mass is 10.0. The average Bonchev–Trinajstić information content (AvgIpc) is 2.24. The highest BCUT2D eigenvalue weighted by Crippen LogP contribution is 2.30. The largest absolute Gasteiger partial charge is 0.416 e. The molecule has 0 bridgehead atoms. The third-order valence-electron chi connectivity index (χ3n) is 2.04. The van der Waals surface area contributed by atoms with Gasteiger partial charge in [-0.25, -0.2) is 0 Å². The number of alkyl halides is 3. The number of thiol groups is 1. The number of rotatable bonds is 3. The topological polar surface area (TPSA) is 20.2 Å². The molecule has 0 spiro atoms. The summed E-state index contributed by atoms with van der Waals surface area (Å²) in [7, 11) is 0. The van der Waals surface area contributed by atoms with Crippen LogP contribution in [0.4, 0.5) is 13.2 Å². The highest BCUT2D eigenvalue weighted by Gasteiger charge is 2.30. The maximum Gasteiger partial charge on any atom is 0.416 e. The van der Waals surface area contributed by atoms with Crippen molar-refractivity contribution in [2.45, 2.75) is 12.8 Å². The predicted molar refractivity (Wildman–Crippen MR) is 60.3 cm³/mol. The van der Waals surface area contributed by atoms with Gasteiger partial charge in [-0.3, -0.25) is 0 Å². The standard InChI is InChI=1S/C11H11F3OS/c12-11(13,14)10-4-3-8(2-1-5-16)9(6-10)7-15/h1-4,6,15-16H,5,7H2. The molecule has 16 heavy (non-hydrogen) atoms. The van der Waals surface area contributed by atoms with Crippen LogP contribution < -0.4 is 0 Å². The Labute approximate surface area is 97.0 Å². The summed E-state index contributed by atoms with van der Waals surface area (Å²) in [6, 6.07) is 3.30. The van der Waals surface area contributed by atoms with E-state index >= 15 is 0 Å². The molecule has 0 unspecified atom stereocenters. The first-order valence-corrected chi connectivity index (χ1v) is 5.20. The molecule has 0 saturated heterocycles. The fourth-order valence-corrected chi connectivity index (χ4v) is 1.37. The highest BCUT2D eigenvalue weighted by molar-refractivity contribution is 7.80. The molecule has 0 atom stereocenters. The second-order valence-electron chi connectivity index (χ2n) is 3.15. The van der Waals surface area contributed by atoms with Crippen LogP contribution in [0.15, 0.2) is 24.3 Å². The smallest absolute Gasteiger partial charge is 0.392 e. The molecular formula is C11H11F3OS. The van der Waals surface area contributed by atoms with E-state index in [2.05, 4.69) is 12.6 Å². The minimum absolute atomic E-state index is 0.257. The number of aliphatic hydroxyl groups is 1. The monoisotopic (exact) mass is 248 g/mol. The van der Waals surface area contributed by atoms with Crippen LogP contribution in [0.25, 0.3) is 6.08 Å². The third-order valence-corrected chi connectivity index (χ3v) is 2.25. The van der Waals surface area contributed by atoms with Gasteiger partial charge in [0.2, 0.25) is 0 Å². The average molecular weight is 248 g/mol. The van der Waals surface area contributed by atoms with Crippen LogP contribution in [0.3, 0.4) is 0 Å². The van der Waals surface area contributed by atoms with E-state index in [9.17, 15) is 13.2 Å². The van der Waals surface area contributed by atoms with Crippen LogP contribution in [0.5, 0.6) is 0 Å². The summed E-state index contributed by atoms with van der Waals surface area (Å²) in [6.07, 6.45) is -1.04. The number of aliphatic hydroxyl groups excluding tert-OH is 1. The van der Waals surface area contributed by atoms with Crippen molar-refractivity contribution in [1.29, 1.82) is 0 Å². The van der Waals surface area contributed by atoms with Crippen LogP contribution in [-0.4, -0.2) is 10.9 Å². The van der Waals surface area contributed by atoms with Gasteiger partial charge in [0.15, 0.2) is 0 Å². The molecular weight excluding hydrogens is 237 g/mol. The Hall–Kier alpha value is -0.940. The fourth-order valence-electron chi connectivity index (χ4n) is 1.26. The molecule has 0 aliphatic heterocycles. The zero-order valence-electron chi connectivity index (χ0n) is 8.33. The minimum Gasteiger partial charge on any atom is -0.392 e. The first-order valence-electron chi connectivity index (χ1n) is 4.57. The van der Waals surface area contributed by atoms with Gasteiger partial charge in [0, 0.05) is 5.75 Å². The Kier molecular flexibility index (Phi) is 4.44. The molecule has 88 valence electrons. The first kappa shape index (κ1) is 13.1. The molecule has 0 aliphatic carbocycles. The molecule has 1 rings (SSSR count). The maximum atomic E-state index is 12.4. The van der Waals surface area contributed by atoms with Crippen LogP contribution in [0, 0.1) is 0 Å². The van der Waals surface area contributed by atoms with Gasteiger partial charge in [0.25, 0.3) is 0 Å². The zero-order chi connectivity index (χ0) is 12.2. The van der Waals surface area contributed by atoms with Crippen molar-refractivity contribution in [2.24, 2.45) is 0 Å². The van der Waals surface area contributed by atoms with Crippen molar-refractivity contribution >= 4 is 18.7 Å². The second kappa shape index (κ2) is 5.41. The van der Waals surface area contributed by atoms with E-state index in [0.717, 1.165) is 12.1 Å². The molecule has 0 amide bonds. The van der Waals surface area contributed by atoms with E-state index in [0.29, 0.717) is 11.3 Å². The van der Waals surface area contributed by atoms with Gasteiger partial charge >= 0.3 is 6.18 Å². The van der Waals surface area contributed by atoms with Crippen molar-refractivity contribution in [1.82, 2.24) is 0 Å². The molecule has 0 saturated carbocycles. The molecule has 1 aromatic rings. The quantitative estimate of drug-likeness (QED) is 0.787. The van der Waals surface area contributed by atoms with Crippen molar-refractivity contribution < 1.29 is 18.3 Å². The number of halogens is 3. The summed E-state index contributed by atoms with van der Waals surface area (Å²) in [5.74, 6) is 0.492. The van der Waals surface area contributed by atoms with Gasteiger partial charge < -0.3 is 5.11 Å². The summed E-state index contributed by atoms with van der Waals surface area (Å²) in [4.78, 5) is 0. The second-order valence-corrected chi connectivity index (χ2v) is 3.52. The summed E-state index contributed by atoms with van der Waals surface area (Å²) in [5, 5.41) is 8.99. The fraction of sp³-hybridized carbons (Fsp3) is 0.273. The van der Waals surface area contributed by atoms with Gasteiger partial charge in [-0.1, -0.05) is 18.2 Å². The lowest BCUT2D eigenvalue weighted by Gasteiger charge is -2.10. The molecule has 5 heteroatoms. The Bertz CT molecular complexity index is 385. The van der Waals surface area contributed by atoms with E-state index in [1.807, 2.05) is 0 Å². The summed E-state index contributed by atoms with van der Waals surface area (Å²) >= 11 is 3.95. The minimum atomic E-state index is -4.38. The Morgan fingerprint density at radius 2 is 2.00 bits per heavy atom. The van der Waals surface area contributed by atoms with E-state index < -0.39 is 18.3 Å². The van der Waals surface area contributed by atoms with Crippen LogP contribution in [0.2, 0.25) is 0 Å². The normalized spacial score (nSPS) is 12.3. The predicted octanol–water partition coefficient (Wildman–Crippen LogP) is 3.14. The highest BCUT2D eigenvalue weighted by atomic mass is 32.1. The molecule has 0 heterocycles. The van der Waals surface area contributed by atoms with Gasteiger partial charge in [-0.05, 0) is 23.3 Å². The molecule has 0 aliphatic rings. The third kappa shape index (κ3) is 3.28. The Balaban J connectivity index is 3.12. The maximum absolute atomic E-state index is 12.4. The number of hydrogen-bond acceptors (Lipinski definition) is 2. The number of hydrogen-bond donors (Lipinski definition) is 2. The van der Waals surface area contributed by atoms with Crippen molar-refractivity contribution in [3.05, 3.63) is 41.0 Å². The lowest BCUT2D eigenvalue weighted by molar-refractivity contribution is -0.137. The molecule has 0 radical (unpaired) electrons. The lowest BCUT2D eigenvalue weighted by Crippen LogP contribution is -2.06.